The highest BCUT2D eigenvalue weighted by Gasteiger charge is 2.18. The molecule has 7 heteroatoms. The lowest BCUT2D eigenvalue weighted by Gasteiger charge is -2.12. The van der Waals surface area contributed by atoms with Crippen molar-refractivity contribution in [3.63, 3.8) is 0 Å². The lowest BCUT2D eigenvalue weighted by molar-refractivity contribution is -0.116. The van der Waals surface area contributed by atoms with E-state index < -0.39 is 0 Å². The molecule has 0 bridgehead atoms. The molecule has 33 heavy (non-hydrogen) atoms. The van der Waals surface area contributed by atoms with E-state index in [0.717, 1.165) is 27.6 Å². The van der Waals surface area contributed by atoms with Gasteiger partial charge in [0.15, 0.2) is 0 Å². The first-order chi connectivity index (χ1) is 16.0. The largest absolute Gasteiger partial charge is 0.497 e. The number of fused-ring (bicyclic) bond motifs is 1. The van der Waals surface area contributed by atoms with Crippen molar-refractivity contribution < 1.29 is 27.8 Å². The van der Waals surface area contributed by atoms with Gasteiger partial charge in [0.2, 0.25) is 5.91 Å². The molecule has 2 aromatic carbocycles. The van der Waals surface area contributed by atoms with Gasteiger partial charge in [-0.3, -0.25) is 4.79 Å². The van der Waals surface area contributed by atoms with Crippen LogP contribution in [0, 0.1) is 0 Å². The molecule has 0 aliphatic carbocycles. The molecule has 0 aliphatic rings. The van der Waals surface area contributed by atoms with E-state index in [1.54, 1.807) is 52.1 Å². The number of allylic oxidation sites excluding steroid dienone is 1. The highest BCUT2D eigenvalue weighted by Crippen LogP contribution is 2.41. The van der Waals surface area contributed by atoms with E-state index in [9.17, 15) is 4.79 Å². The summed E-state index contributed by atoms with van der Waals surface area (Å²) in [7, 11) is 4.83. The summed E-state index contributed by atoms with van der Waals surface area (Å²) in [5, 5.41) is 3.68. The van der Waals surface area contributed by atoms with Gasteiger partial charge in [-0.15, -0.1) is 0 Å². The summed E-state index contributed by atoms with van der Waals surface area (Å²) in [6.45, 7) is 2.18. The van der Waals surface area contributed by atoms with Crippen LogP contribution in [0.3, 0.4) is 0 Å². The Balaban J connectivity index is 1.73. The van der Waals surface area contributed by atoms with Gasteiger partial charge in [0.25, 0.3) is 0 Å². The predicted octanol–water partition coefficient (Wildman–Crippen LogP) is 5.44. The third-order valence-corrected chi connectivity index (χ3v) is 5.38. The zero-order valence-electron chi connectivity index (χ0n) is 18.9. The van der Waals surface area contributed by atoms with Crippen LogP contribution in [-0.2, 0) is 11.3 Å². The number of furan rings is 2. The van der Waals surface area contributed by atoms with Crippen LogP contribution in [0.5, 0.6) is 17.2 Å². The zero-order chi connectivity index (χ0) is 23.4. The number of benzene rings is 2. The van der Waals surface area contributed by atoms with E-state index in [1.165, 1.54) is 0 Å². The Morgan fingerprint density at radius 3 is 2.48 bits per heavy atom. The van der Waals surface area contributed by atoms with E-state index in [1.807, 2.05) is 37.3 Å². The van der Waals surface area contributed by atoms with Crippen molar-refractivity contribution in [2.24, 2.45) is 0 Å². The van der Waals surface area contributed by atoms with E-state index in [0.29, 0.717) is 35.1 Å². The molecule has 0 saturated heterocycles. The van der Waals surface area contributed by atoms with Gasteiger partial charge in [-0.2, -0.15) is 0 Å². The van der Waals surface area contributed by atoms with Crippen LogP contribution in [-0.4, -0.2) is 27.2 Å². The van der Waals surface area contributed by atoms with Crippen molar-refractivity contribution in [3.8, 4) is 28.4 Å². The Morgan fingerprint density at radius 2 is 1.79 bits per heavy atom. The molecule has 4 rings (SSSR count). The number of rotatable bonds is 8. The maximum Gasteiger partial charge on any atom is 0.244 e. The fourth-order valence-corrected chi connectivity index (χ4v) is 3.68. The Bertz CT molecular complexity index is 1300. The summed E-state index contributed by atoms with van der Waals surface area (Å²) >= 11 is 0. The average Bonchev–Trinajstić information content (AvgIpc) is 3.51. The van der Waals surface area contributed by atoms with Gasteiger partial charge in [0.1, 0.15) is 28.6 Å². The Labute approximate surface area is 191 Å². The third-order valence-electron chi connectivity index (χ3n) is 5.38. The van der Waals surface area contributed by atoms with Crippen molar-refractivity contribution in [2.45, 2.75) is 13.5 Å². The van der Waals surface area contributed by atoms with Crippen molar-refractivity contribution in [1.29, 1.82) is 0 Å². The quantitative estimate of drug-likeness (QED) is 0.362. The molecular weight excluding hydrogens is 422 g/mol. The summed E-state index contributed by atoms with van der Waals surface area (Å²) in [5.74, 6) is 2.46. The fourth-order valence-electron chi connectivity index (χ4n) is 3.68. The van der Waals surface area contributed by atoms with Crippen molar-refractivity contribution >= 4 is 22.4 Å². The third kappa shape index (κ3) is 4.57. The number of amides is 1. The van der Waals surface area contributed by atoms with Gasteiger partial charge in [-0.25, -0.2) is 0 Å². The molecule has 2 heterocycles. The van der Waals surface area contributed by atoms with Crippen LogP contribution in [0.4, 0.5) is 0 Å². The second kappa shape index (κ2) is 9.56. The fraction of sp³-hybridized carbons (Fsp3) is 0.192. The maximum atomic E-state index is 12.5. The van der Waals surface area contributed by atoms with E-state index >= 15 is 0 Å². The Kier molecular flexibility index (Phi) is 6.40. The summed E-state index contributed by atoms with van der Waals surface area (Å²) < 4.78 is 27.6. The van der Waals surface area contributed by atoms with Crippen LogP contribution < -0.4 is 19.5 Å². The molecule has 4 aromatic rings. The Hall–Kier alpha value is -4.13. The molecule has 1 amide bonds. The number of methoxy groups -OCH3 is 3. The molecule has 0 unspecified atom stereocenters. The molecule has 7 nitrogen and oxygen atoms in total. The minimum atomic E-state index is -0.229. The van der Waals surface area contributed by atoms with Crippen LogP contribution >= 0.6 is 0 Å². The van der Waals surface area contributed by atoms with E-state index in [4.69, 9.17) is 23.0 Å². The van der Waals surface area contributed by atoms with E-state index in [2.05, 4.69) is 5.32 Å². The van der Waals surface area contributed by atoms with Crippen molar-refractivity contribution in [3.05, 3.63) is 72.4 Å². The summed E-state index contributed by atoms with van der Waals surface area (Å²) in [6.07, 6.45) is 4.79. The molecule has 0 aliphatic heterocycles. The molecule has 170 valence electrons. The number of carbonyl (C=O) groups is 1. The molecule has 0 spiro atoms. The molecular formula is C26H25NO6. The SMILES string of the molecule is COc1ccc(OC)c(-c2coc3cc(OC)c(/C(C)=C/C(=O)NCc4ccco4)cc23)c1. The minimum Gasteiger partial charge on any atom is -0.497 e. The molecule has 0 radical (unpaired) electrons. The highest BCUT2D eigenvalue weighted by atomic mass is 16.5. The topological polar surface area (TPSA) is 83.1 Å². The molecule has 0 saturated carbocycles. The Morgan fingerprint density at radius 1 is 0.970 bits per heavy atom. The smallest absolute Gasteiger partial charge is 0.244 e. The summed E-state index contributed by atoms with van der Waals surface area (Å²) in [6, 6.07) is 13.0. The van der Waals surface area contributed by atoms with Gasteiger partial charge in [0.05, 0.1) is 40.4 Å². The van der Waals surface area contributed by atoms with Crippen LogP contribution in [0.25, 0.3) is 27.7 Å². The second-order valence-electron chi connectivity index (χ2n) is 7.39. The normalized spacial score (nSPS) is 11.5. The van der Waals surface area contributed by atoms with Gasteiger partial charge >= 0.3 is 0 Å². The monoisotopic (exact) mass is 447 g/mol. The molecule has 0 atom stereocenters. The van der Waals surface area contributed by atoms with Crippen LogP contribution in [0.15, 0.2) is 69.9 Å². The summed E-state index contributed by atoms with van der Waals surface area (Å²) in [5.41, 5.74) is 3.87. The maximum absolute atomic E-state index is 12.5. The van der Waals surface area contributed by atoms with Crippen molar-refractivity contribution in [1.82, 2.24) is 5.32 Å². The van der Waals surface area contributed by atoms with Gasteiger partial charge in [-0.1, -0.05) is 0 Å². The lowest BCUT2D eigenvalue weighted by atomic mass is 9.98. The average molecular weight is 447 g/mol. The number of ether oxygens (including phenoxy) is 3. The first-order valence-electron chi connectivity index (χ1n) is 10.3. The number of nitrogens with one attached hydrogen (secondary N) is 1. The standard InChI is InChI=1S/C26H25NO6/c1-16(10-26(28)27-14-18-6-5-9-32-18)19-12-21-22(15-33-25(21)13-24(19)31-4)20-11-17(29-2)7-8-23(20)30-3/h5-13,15H,14H2,1-4H3,(H,27,28)/b16-10+. The van der Waals surface area contributed by atoms with Crippen LogP contribution in [0.2, 0.25) is 0 Å². The second-order valence-corrected chi connectivity index (χ2v) is 7.39. The van der Waals surface area contributed by atoms with E-state index in [-0.39, 0.29) is 5.91 Å². The molecule has 0 fully saturated rings. The first kappa shape index (κ1) is 22.1. The zero-order valence-corrected chi connectivity index (χ0v) is 18.9. The highest BCUT2D eigenvalue weighted by molar-refractivity contribution is 6.01. The van der Waals surface area contributed by atoms with Gasteiger partial charge < -0.3 is 28.4 Å². The predicted molar refractivity (Wildman–Crippen MR) is 126 cm³/mol. The molecule has 2 aromatic heterocycles. The molecule has 1 N–H and O–H groups in total. The summed E-state index contributed by atoms with van der Waals surface area (Å²) in [4.78, 5) is 12.5. The number of carbonyl (C=O) groups excluding carboxylic acids is 1. The van der Waals surface area contributed by atoms with Gasteiger partial charge in [-0.05, 0) is 48.9 Å². The first-order valence-corrected chi connectivity index (χ1v) is 10.3. The minimum absolute atomic E-state index is 0.229. The van der Waals surface area contributed by atoms with Crippen LogP contribution in [0.1, 0.15) is 18.2 Å². The van der Waals surface area contributed by atoms with Gasteiger partial charge in [0, 0.05) is 34.2 Å². The van der Waals surface area contributed by atoms with Crippen molar-refractivity contribution in [2.75, 3.05) is 21.3 Å². The number of hydrogen-bond acceptors (Lipinski definition) is 6. The number of hydrogen-bond donors (Lipinski definition) is 1. The lowest BCUT2D eigenvalue weighted by Crippen LogP contribution is -2.20.